The highest BCUT2D eigenvalue weighted by atomic mass is 19.1. The Morgan fingerprint density at radius 3 is 2.48 bits per heavy atom. The van der Waals surface area contributed by atoms with Crippen molar-refractivity contribution < 1.29 is 4.39 Å². The standard InChI is InChI=1S/C15H20FN5/c1-10-11-8-13(16)14(21-6-4-20(3)5-7-21)9-12(11)15(17-2)19-18-10/h8-9H,4-7H2,1-3H3,(H,17,19). The highest BCUT2D eigenvalue weighted by Crippen LogP contribution is 2.30. The van der Waals surface area contributed by atoms with Crippen LogP contribution in [0.1, 0.15) is 5.69 Å². The van der Waals surface area contributed by atoms with Gasteiger partial charge in [0.1, 0.15) is 5.82 Å². The first-order valence-electron chi connectivity index (χ1n) is 7.18. The summed E-state index contributed by atoms with van der Waals surface area (Å²) in [6.07, 6.45) is 0. The molecule has 6 heteroatoms. The van der Waals surface area contributed by atoms with E-state index in [1.807, 2.05) is 13.0 Å². The lowest BCUT2D eigenvalue weighted by molar-refractivity contribution is 0.312. The number of hydrogen-bond donors (Lipinski definition) is 1. The van der Waals surface area contributed by atoms with Crippen molar-refractivity contribution in [2.24, 2.45) is 0 Å². The maximum atomic E-state index is 14.5. The molecule has 21 heavy (non-hydrogen) atoms. The summed E-state index contributed by atoms with van der Waals surface area (Å²) in [6, 6.07) is 3.47. The molecule has 1 fully saturated rings. The molecule has 1 saturated heterocycles. The Bertz CT molecular complexity index is 665. The number of likely N-dealkylation sites (N-methyl/N-ethyl adjacent to an activating group) is 1. The summed E-state index contributed by atoms with van der Waals surface area (Å²) in [5, 5.41) is 13.0. The molecule has 1 aliphatic heterocycles. The number of anilines is 2. The molecule has 1 N–H and O–H groups in total. The van der Waals surface area contributed by atoms with Crippen LogP contribution >= 0.6 is 0 Å². The lowest BCUT2D eigenvalue weighted by atomic mass is 10.1. The van der Waals surface area contributed by atoms with E-state index >= 15 is 0 Å². The first kappa shape index (κ1) is 14.0. The third kappa shape index (κ3) is 2.51. The van der Waals surface area contributed by atoms with E-state index in [4.69, 9.17) is 0 Å². The second-order valence-electron chi connectivity index (χ2n) is 5.52. The maximum Gasteiger partial charge on any atom is 0.156 e. The largest absolute Gasteiger partial charge is 0.371 e. The van der Waals surface area contributed by atoms with Gasteiger partial charge in [0.25, 0.3) is 0 Å². The zero-order valence-corrected chi connectivity index (χ0v) is 12.6. The number of rotatable bonds is 2. The van der Waals surface area contributed by atoms with Gasteiger partial charge in [-0.2, -0.15) is 5.10 Å². The predicted octanol–water partition coefficient (Wildman–Crippen LogP) is 1.87. The number of fused-ring (bicyclic) bond motifs is 1. The molecule has 0 atom stereocenters. The average molecular weight is 289 g/mol. The SMILES string of the molecule is CNc1nnc(C)c2cc(F)c(N3CCN(C)CC3)cc12. The summed E-state index contributed by atoms with van der Waals surface area (Å²) >= 11 is 0. The Kier molecular flexibility index (Phi) is 3.63. The summed E-state index contributed by atoms with van der Waals surface area (Å²) in [5.74, 6) is 0.496. The van der Waals surface area contributed by atoms with E-state index in [2.05, 4.69) is 32.4 Å². The normalized spacial score (nSPS) is 16.5. The van der Waals surface area contributed by atoms with Crippen LogP contribution in [-0.2, 0) is 0 Å². The van der Waals surface area contributed by atoms with Gasteiger partial charge in [-0.3, -0.25) is 0 Å². The van der Waals surface area contributed by atoms with E-state index in [9.17, 15) is 4.39 Å². The molecule has 0 spiro atoms. The lowest BCUT2D eigenvalue weighted by Gasteiger charge is -2.34. The smallest absolute Gasteiger partial charge is 0.156 e. The molecule has 5 nitrogen and oxygen atoms in total. The Morgan fingerprint density at radius 1 is 1.10 bits per heavy atom. The van der Waals surface area contributed by atoms with Gasteiger partial charge in [-0.25, -0.2) is 4.39 Å². The van der Waals surface area contributed by atoms with Crippen LogP contribution in [0.4, 0.5) is 15.9 Å². The van der Waals surface area contributed by atoms with Crippen LogP contribution in [0.15, 0.2) is 12.1 Å². The van der Waals surface area contributed by atoms with Gasteiger partial charge < -0.3 is 15.1 Å². The molecular formula is C15H20FN5. The number of halogens is 1. The number of piperazine rings is 1. The van der Waals surface area contributed by atoms with Gasteiger partial charge in [0, 0.05) is 44.0 Å². The van der Waals surface area contributed by atoms with Crippen molar-refractivity contribution >= 4 is 22.3 Å². The summed E-state index contributed by atoms with van der Waals surface area (Å²) in [5.41, 5.74) is 1.40. The predicted molar refractivity (Wildman–Crippen MR) is 83.5 cm³/mol. The molecule has 3 rings (SSSR count). The van der Waals surface area contributed by atoms with Crippen molar-refractivity contribution in [1.29, 1.82) is 0 Å². The first-order valence-corrected chi connectivity index (χ1v) is 7.18. The summed E-state index contributed by atoms with van der Waals surface area (Å²) in [7, 11) is 3.89. The number of aromatic nitrogens is 2. The molecule has 2 aromatic rings. The van der Waals surface area contributed by atoms with Crippen LogP contribution in [0.25, 0.3) is 10.8 Å². The fourth-order valence-corrected chi connectivity index (χ4v) is 2.76. The van der Waals surface area contributed by atoms with Crippen LogP contribution in [0.5, 0.6) is 0 Å². The number of benzene rings is 1. The molecule has 1 aromatic heterocycles. The third-order valence-electron chi connectivity index (χ3n) is 4.11. The summed E-state index contributed by atoms with van der Waals surface area (Å²) in [6.45, 7) is 5.42. The second kappa shape index (κ2) is 5.44. The van der Waals surface area contributed by atoms with Crippen LogP contribution in [0, 0.1) is 12.7 Å². The van der Waals surface area contributed by atoms with E-state index in [0.717, 1.165) is 42.6 Å². The lowest BCUT2D eigenvalue weighted by Crippen LogP contribution is -2.44. The molecule has 2 heterocycles. The highest BCUT2D eigenvalue weighted by Gasteiger charge is 2.19. The number of nitrogens with one attached hydrogen (secondary N) is 1. The third-order valence-corrected chi connectivity index (χ3v) is 4.11. The minimum absolute atomic E-state index is 0.190. The molecule has 0 unspecified atom stereocenters. The Hall–Kier alpha value is -1.95. The van der Waals surface area contributed by atoms with E-state index in [1.54, 1.807) is 13.1 Å². The molecule has 1 aliphatic rings. The van der Waals surface area contributed by atoms with E-state index in [1.165, 1.54) is 0 Å². The monoisotopic (exact) mass is 289 g/mol. The first-order chi connectivity index (χ1) is 10.1. The van der Waals surface area contributed by atoms with Crippen molar-refractivity contribution in [3.05, 3.63) is 23.6 Å². The Balaban J connectivity index is 2.09. The molecule has 0 aliphatic carbocycles. The maximum absolute atomic E-state index is 14.5. The van der Waals surface area contributed by atoms with E-state index in [0.29, 0.717) is 11.5 Å². The Labute approximate surface area is 123 Å². The zero-order chi connectivity index (χ0) is 15.0. The topological polar surface area (TPSA) is 44.3 Å². The average Bonchev–Trinajstić information content (AvgIpc) is 2.49. The molecule has 0 radical (unpaired) electrons. The quantitative estimate of drug-likeness (QED) is 0.914. The zero-order valence-electron chi connectivity index (χ0n) is 12.6. The van der Waals surface area contributed by atoms with Crippen molar-refractivity contribution in [1.82, 2.24) is 15.1 Å². The fraction of sp³-hybridized carbons (Fsp3) is 0.467. The highest BCUT2D eigenvalue weighted by molar-refractivity contribution is 5.95. The van der Waals surface area contributed by atoms with Crippen LogP contribution in [0.2, 0.25) is 0 Å². The molecule has 0 bridgehead atoms. The number of hydrogen-bond acceptors (Lipinski definition) is 5. The fourth-order valence-electron chi connectivity index (χ4n) is 2.76. The van der Waals surface area contributed by atoms with Crippen molar-refractivity contribution in [3.8, 4) is 0 Å². The second-order valence-corrected chi connectivity index (χ2v) is 5.52. The van der Waals surface area contributed by atoms with Gasteiger partial charge in [-0.15, -0.1) is 5.10 Å². The summed E-state index contributed by atoms with van der Waals surface area (Å²) < 4.78 is 14.5. The minimum Gasteiger partial charge on any atom is -0.371 e. The molecule has 0 amide bonds. The van der Waals surface area contributed by atoms with E-state index < -0.39 is 0 Å². The van der Waals surface area contributed by atoms with Gasteiger partial charge in [0.05, 0.1) is 11.4 Å². The van der Waals surface area contributed by atoms with Crippen molar-refractivity contribution in [3.63, 3.8) is 0 Å². The van der Waals surface area contributed by atoms with Crippen LogP contribution in [-0.4, -0.2) is 55.4 Å². The van der Waals surface area contributed by atoms with Crippen LogP contribution < -0.4 is 10.2 Å². The van der Waals surface area contributed by atoms with Crippen molar-refractivity contribution in [2.75, 3.05) is 50.5 Å². The number of aryl methyl sites for hydroxylation is 1. The molecule has 112 valence electrons. The number of nitrogens with zero attached hydrogens (tertiary/aromatic N) is 4. The van der Waals surface area contributed by atoms with Gasteiger partial charge in [0.2, 0.25) is 0 Å². The van der Waals surface area contributed by atoms with Gasteiger partial charge >= 0.3 is 0 Å². The minimum atomic E-state index is -0.190. The van der Waals surface area contributed by atoms with Crippen LogP contribution in [0.3, 0.4) is 0 Å². The van der Waals surface area contributed by atoms with Gasteiger partial charge in [-0.1, -0.05) is 0 Å². The Morgan fingerprint density at radius 2 is 1.81 bits per heavy atom. The van der Waals surface area contributed by atoms with Gasteiger partial charge in [0.15, 0.2) is 5.82 Å². The molecular weight excluding hydrogens is 269 g/mol. The summed E-state index contributed by atoms with van der Waals surface area (Å²) in [4.78, 5) is 4.36. The molecule has 0 saturated carbocycles. The van der Waals surface area contributed by atoms with Crippen molar-refractivity contribution in [2.45, 2.75) is 6.92 Å². The van der Waals surface area contributed by atoms with Gasteiger partial charge in [-0.05, 0) is 26.1 Å². The van der Waals surface area contributed by atoms with E-state index in [-0.39, 0.29) is 5.82 Å². The molecule has 1 aromatic carbocycles.